The van der Waals surface area contributed by atoms with Crippen LogP contribution in [-0.4, -0.2) is 78.1 Å². The number of carbonyl (C=O) groups excluding carboxylic acids is 2. The summed E-state index contributed by atoms with van der Waals surface area (Å²) >= 11 is 0. The summed E-state index contributed by atoms with van der Waals surface area (Å²) in [6.07, 6.45) is 1.65. The number of rotatable bonds is 6. The average molecular weight is 459 g/mol. The van der Waals surface area contributed by atoms with Crippen molar-refractivity contribution in [1.82, 2.24) is 10.2 Å². The predicted octanol–water partition coefficient (Wildman–Crippen LogP) is 0.403. The molecule has 0 unspecified atom stereocenters. The molecule has 0 aromatic heterocycles. The van der Waals surface area contributed by atoms with E-state index in [2.05, 4.69) is 10.2 Å². The number of amides is 1. The maximum absolute atomic E-state index is 12.6. The topological polar surface area (TPSA) is 118 Å². The fraction of sp³-hybridized carbons (Fsp3) is 0.583. The fourth-order valence-electron chi connectivity index (χ4n) is 6.21. The highest BCUT2D eigenvalue weighted by atomic mass is 16.6. The highest BCUT2D eigenvalue weighted by Crippen LogP contribution is 2.65. The van der Waals surface area contributed by atoms with E-state index in [1.54, 1.807) is 13.2 Å². The van der Waals surface area contributed by atoms with Gasteiger partial charge >= 0.3 is 5.97 Å². The van der Waals surface area contributed by atoms with E-state index in [-0.39, 0.29) is 19.0 Å². The van der Waals surface area contributed by atoms with E-state index >= 15 is 0 Å². The van der Waals surface area contributed by atoms with E-state index in [4.69, 9.17) is 14.2 Å². The Balaban J connectivity index is 1.47. The van der Waals surface area contributed by atoms with Gasteiger partial charge in [0.15, 0.2) is 17.6 Å². The molecule has 9 heteroatoms. The molecular formula is C24H30N2O7. The lowest BCUT2D eigenvalue weighted by Gasteiger charge is -2.61. The first-order valence-electron chi connectivity index (χ1n) is 11.4. The van der Waals surface area contributed by atoms with E-state index < -0.39 is 35.1 Å². The zero-order valence-corrected chi connectivity index (χ0v) is 19.1. The molecule has 2 bridgehead atoms. The van der Waals surface area contributed by atoms with Crippen molar-refractivity contribution in [2.24, 2.45) is 0 Å². The molecule has 3 N–H and O–H groups in total. The van der Waals surface area contributed by atoms with Crippen molar-refractivity contribution in [3.63, 3.8) is 0 Å². The number of benzene rings is 1. The second-order valence-electron chi connectivity index (χ2n) is 9.48. The smallest absolute Gasteiger partial charge is 0.312 e. The summed E-state index contributed by atoms with van der Waals surface area (Å²) in [5.74, 6) is 0.553. The number of hydrogen-bond donors (Lipinski definition) is 3. The number of esters is 1. The lowest BCUT2D eigenvalue weighted by Crippen LogP contribution is -2.74. The Bertz CT molecular complexity index is 1040. The van der Waals surface area contributed by atoms with Gasteiger partial charge in [-0.1, -0.05) is 6.07 Å². The summed E-state index contributed by atoms with van der Waals surface area (Å²) in [5, 5.41) is 23.9. The largest absolute Gasteiger partial charge is 0.493 e. The third-order valence-electron chi connectivity index (χ3n) is 7.80. The minimum atomic E-state index is -1.14. The SMILES string of the molecule is COc1ccc2c3c1O[C@H]1C(OC(=O)CCNC(=O)[C@H](C)O)=CC[C@@]4(O)[C@@H](C2)N(C)CC[C@]314. The molecule has 2 heterocycles. The van der Waals surface area contributed by atoms with Gasteiger partial charge in [-0.25, -0.2) is 0 Å². The molecule has 9 nitrogen and oxygen atoms in total. The second kappa shape index (κ2) is 7.72. The van der Waals surface area contributed by atoms with Gasteiger partial charge in [0.1, 0.15) is 11.9 Å². The summed E-state index contributed by atoms with van der Waals surface area (Å²) in [6, 6.07) is 3.86. The number of aliphatic hydroxyl groups excluding tert-OH is 1. The highest BCUT2D eigenvalue weighted by molar-refractivity contribution is 5.80. The molecule has 1 fully saturated rings. The quantitative estimate of drug-likeness (QED) is 0.525. The van der Waals surface area contributed by atoms with Crippen molar-refractivity contribution in [2.75, 3.05) is 27.2 Å². The maximum Gasteiger partial charge on any atom is 0.312 e. The van der Waals surface area contributed by atoms with Crippen LogP contribution < -0.4 is 14.8 Å². The number of hydrogen-bond acceptors (Lipinski definition) is 8. The molecular weight excluding hydrogens is 428 g/mol. The van der Waals surface area contributed by atoms with Gasteiger partial charge in [0.25, 0.3) is 0 Å². The number of likely N-dealkylation sites (N-methyl/N-ethyl adjacent to an activating group) is 1. The van der Waals surface area contributed by atoms with Crippen LogP contribution in [0.1, 0.15) is 37.3 Å². The summed E-state index contributed by atoms with van der Waals surface area (Å²) in [4.78, 5) is 26.3. The molecule has 1 aromatic rings. The molecule has 178 valence electrons. The highest BCUT2D eigenvalue weighted by Gasteiger charge is 2.72. The van der Waals surface area contributed by atoms with Gasteiger partial charge in [-0.2, -0.15) is 0 Å². The number of nitrogens with zero attached hydrogens (tertiary/aromatic N) is 1. The summed E-state index contributed by atoms with van der Waals surface area (Å²) in [6.45, 7) is 2.20. The minimum Gasteiger partial charge on any atom is -0.493 e. The molecule has 1 saturated heterocycles. The monoisotopic (exact) mass is 458 g/mol. The predicted molar refractivity (Wildman–Crippen MR) is 117 cm³/mol. The number of likely N-dealkylation sites (tertiary alicyclic amines) is 1. The van der Waals surface area contributed by atoms with Crippen molar-refractivity contribution in [3.05, 3.63) is 35.1 Å². The standard InChI is InChI=1S/C24H30N2O7/c1-13(27)22(29)25-10-7-18(28)32-16-6-8-24(30)17-12-14-4-5-15(31-3)20-19(14)23(24,21(16)33-20)9-11-26(17)2/h4-6,13,17,21,27,30H,7-12H2,1-3H3,(H,25,29)/t13-,17+,21-,23-,24+/m0/s1. The van der Waals surface area contributed by atoms with E-state index in [0.29, 0.717) is 36.5 Å². The minimum absolute atomic E-state index is 0.0489. The molecule has 1 aromatic carbocycles. The van der Waals surface area contributed by atoms with Gasteiger partial charge < -0.3 is 34.6 Å². The van der Waals surface area contributed by atoms with E-state index in [9.17, 15) is 19.8 Å². The van der Waals surface area contributed by atoms with Gasteiger partial charge in [0, 0.05) is 24.6 Å². The lowest BCUT2D eigenvalue weighted by atomic mass is 9.50. The number of ether oxygens (including phenoxy) is 3. The normalized spacial score (nSPS) is 32.2. The molecule has 0 radical (unpaired) electrons. The van der Waals surface area contributed by atoms with Gasteiger partial charge in [-0.3, -0.25) is 9.59 Å². The van der Waals surface area contributed by atoms with Gasteiger partial charge in [0.05, 0.1) is 24.5 Å². The molecule has 1 amide bonds. The summed E-state index contributed by atoms with van der Waals surface area (Å²) in [5.41, 5.74) is 0.315. The number of aliphatic hydroxyl groups is 2. The molecule has 1 spiro atoms. The lowest BCUT2D eigenvalue weighted by molar-refractivity contribution is -0.169. The Kier molecular flexibility index (Phi) is 5.19. The van der Waals surface area contributed by atoms with Gasteiger partial charge in [0.2, 0.25) is 5.91 Å². The number of piperidine rings is 1. The Morgan fingerprint density at radius 1 is 1.39 bits per heavy atom. The van der Waals surface area contributed by atoms with Crippen LogP contribution in [0.3, 0.4) is 0 Å². The van der Waals surface area contributed by atoms with E-state index in [0.717, 1.165) is 17.7 Å². The van der Waals surface area contributed by atoms with Gasteiger partial charge in [-0.05, 0) is 51.1 Å². The van der Waals surface area contributed by atoms with Crippen LogP contribution >= 0.6 is 0 Å². The third kappa shape index (κ3) is 3.02. The van der Waals surface area contributed by atoms with Crippen LogP contribution in [0.25, 0.3) is 0 Å². The molecule has 2 aliphatic carbocycles. The second-order valence-corrected chi connectivity index (χ2v) is 9.48. The van der Waals surface area contributed by atoms with Gasteiger partial charge in [-0.15, -0.1) is 0 Å². The Morgan fingerprint density at radius 3 is 2.91 bits per heavy atom. The number of carbonyl (C=O) groups is 2. The summed E-state index contributed by atoms with van der Waals surface area (Å²) < 4.78 is 17.7. The molecule has 4 aliphatic rings. The van der Waals surface area contributed by atoms with Crippen molar-refractivity contribution < 1.29 is 34.0 Å². The van der Waals surface area contributed by atoms with Crippen LogP contribution in [0.4, 0.5) is 0 Å². The Morgan fingerprint density at radius 2 is 2.18 bits per heavy atom. The van der Waals surface area contributed by atoms with Crippen molar-refractivity contribution >= 4 is 11.9 Å². The number of methoxy groups -OCH3 is 1. The molecule has 0 saturated carbocycles. The molecule has 2 aliphatic heterocycles. The first-order chi connectivity index (χ1) is 15.7. The van der Waals surface area contributed by atoms with Crippen LogP contribution in [0.15, 0.2) is 24.0 Å². The Hall–Kier alpha value is -2.62. The van der Waals surface area contributed by atoms with E-state index in [1.165, 1.54) is 6.92 Å². The Labute approximate surface area is 192 Å². The number of nitrogens with one attached hydrogen (secondary N) is 1. The fourth-order valence-corrected chi connectivity index (χ4v) is 6.21. The first-order valence-corrected chi connectivity index (χ1v) is 11.4. The van der Waals surface area contributed by atoms with Crippen molar-refractivity contribution in [1.29, 1.82) is 0 Å². The zero-order chi connectivity index (χ0) is 23.5. The zero-order valence-electron chi connectivity index (χ0n) is 19.1. The van der Waals surface area contributed by atoms with E-state index in [1.807, 2.05) is 19.2 Å². The molecule has 5 rings (SSSR count). The summed E-state index contributed by atoms with van der Waals surface area (Å²) in [7, 11) is 3.63. The van der Waals surface area contributed by atoms with Crippen LogP contribution in [0, 0.1) is 0 Å². The molecule has 5 atom stereocenters. The van der Waals surface area contributed by atoms with Crippen LogP contribution in [0.5, 0.6) is 11.5 Å². The van der Waals surface area contributed by atoms with Crippen molar-refractivity contribution in [2.45, 2.75) is 61.9 Å². The first kappa shape index (κ1) is 22.2. The van der Waals surface area contributed by atoms with Crippen LogP contribution in [0.2, 0.25) is 0 Å². The third-order valence-corrected chi connectivity index (χ3v) is 7.80. The van der Waals surface area contributed by atoms with Crippen LogP contribution in [-0.2, 0) is 26.2 Å². The molecule has 33 heavy (non-hydrogen) atoms. The maximum atomic E-state index is 12.6. The average Bonchev–Trinajstić information content (AvgIpc) is 3.13. The van der Waals surface area contributed by atoms with Crippen molar-refractivity contribution in [3.8, 4) is 11.5 Å².